The van der Waals surface area contributed by atoms with Gasteiger partial charge in [-0.2, -0.15) is 5.26 Å². The van der Waals surface area contributed by atoms with Gasteiger partial charge in [-0.1, -0.05) is 41.9 Å². The molecule has 0 saturated heterocycles. The van der Waals surface area contributed by atoms with E-state index in [1.165, 1.54) is 6.20 Å². The van der Waals surface area contributed by atoms with Crippen LogP contribution in [0.4, 0.5) is 0 Å². The van der Waals surface area contributed by atoms with Gasteiger partial charge in [0.25, 0.3) is 0 Å². The van der Waals surface area contributed by atoms with Crippen LogP contribution in [-0.4, -0.2) is 21.7 Å². The molecule has 1 aromatic carbocycles. The van der Waals surface area contributed by atoms with Crippen LogP contribution in [0.5, 0.6) is 0 Å². The molecule has 0 fully saturated rings. The average molecular weight is 288 g/mol. The van der Waals surface area contributed by atoms with Gasteiger partial charge >= 0.3 is 0 Å². The molecule has 0 radical (unpaired) electrons. The topological polar surface area (TPSA) is 69.8 Å². The SMILES string of the molecule is N#C[C@@H](c1ccccc1)[C@H](CCO)c1cnc(Cl)cn1. The molecule has 1 aromatic heterocycles. The molecule has 0 aliphatic carbocycles. The van der Waals surface area contributed by atoms with Crippen LogP contribution < -0.4 is 0 Å². The molecule has 0 amide bonds. The minimum Gasteiger partial charge on any atom is -0.396 e. The highest BCUT2D eigenvalue weighted by Gasteiger charge is 2.25. The molecule has 1 N–H and O–H groups in total. The number of benzene rings is 1. The van der Waals surface area contributed by atoms with Crippen molar-refractivity contribution >= 4 is 11.6 Å². The number of hydrogen-bond acceptors (Lipinski definition) is 4. The Morgan fingerprint density at radius 1 is 1.20 bits per heavy atom. The van der Waals surface area contributed by atoms with Gasteiger partial charge in [0.05, 0.1) is 30.1 Å². The van der Waals surface area contributed by atoms with E-state index in [2.05, 4.69) is 16.0 Å². The number of halogens is 1. The van der Waals surface area contributed by atoms with Crippen LogP contribution in [0.2, 0.25) is 5.15 Å². The van der Waals surface area contributed by atoms with Crippen molar-refractivity contribution in [3.8, 4) is 6.07 Å². The van der Waals surface area contributed by atoms with Gasteiger partial charge in [-0.05, 0) is 12.0 Å². The molecule has 0 aliphatic rings. The molecule has 2 rings (SSSR count). The van der Waals surface area contributed by atoms with Gasteiger partial charge in [0, 0.05) is 12.5 Å². The van der Waals surface area contributed by atoms with Gasteiger partial charge in [-0.3, -0.25) is 4.98 Å². The molecule has 0 unspecified atom stereocenters. The van der Waals surface area contributed by atoms with Crippen LogP contribution in [0.15, 0.2) is 42.7 Å². The molecule has 5 heteroatoms. The number of aliphatic hydroxyl groups is 1. The number of aliphatic hydroxyl groups excluding tert-OH is 1. The fourth-order valence-electron chi connectivity index (χ4n) is 2.20. The normalized spacial score (nSPS) is 13.4. The smallest absolute Gasteiger partial charge is 0.147 e. The van der Waals surface area contributed by atoms with Crippen LogP contribution in [0, 0.1) is 11.3 Å². The van der Waals surface area contributed by atoms with E-state index in [9.17, 15) is 10.4 Å². The summed E-state index contributed by atoms with van der Waals surface area (Å²) in [4.78, 5) is 8.24. The lowest BCUT2D eigenvalue weighted by Crippen LogP contribution is -2.13. The first-order valence-electron chi connectivity index (χ1n) is 6.29. The second kappa shape index (κ2) is 6.99. The zero-order chi connectivity index (χ0) is 14.4. The summed E-state index contributed by atoms with van der Waals surface area (Å²) in [5.41, 5.74) is 1.57. The minimum atomic E-state index is -0.376. The number of nitriles is 1. The predicted molar refractivity (Wildman–Crippen MR) is 76.3 cm³/mol. The van der Waals surface area contributed by atoms with Gasteiger partial charge in [0.2, 0.25) is 0 Å². The Morgan fingerprint density at radius 3 is 2.50 bits per heavy atom. The third kappa shape index (κ3) is 3.32. The van der Waals surface area contributed by atoms with E-state index < -0.39 is 0 Å². The molecule has 0 saturated carbocycles. The van der Waals surface area contributed by atoms with Crippen LogP contribution in [-0.2, 0) is 0 Å². The summed E-state index contributed by atoms with van der Waals surface area (Å²) in [6, 6.07) is 11.8. The first-order chi connectivity index (χ1) is 9.76. The van der Waals surface area contributed by atoms with Crippen molar-refractivity contribution in [2.75, 3.05) is 6.61 Å². The number of nitrogens with zero attached hydrogens (tertiary/aromatic N) is 3. The van der Waals surface area contributed by atoms with Gasteiger partial charge in [-0.25, -0.2) is 4.98 Å². The van der Waals surface area contributed by atoms with E-state index in [1.807, 2.05) is 30.3 Å². The Hall–Kier alpha value is -1.96. The van der Waals surface area contributed by atoms with E-state index in [-0.39, 0.29) is 18.4 Å². The van der Waals surface area contributed by atoms with Crippen molar-refractivity contribution < 1.29 is 5.11 Å². The lowest BCUT2D eigenvalue weighted by molar-refractivity contribution is 0.271. The van der Waals surface area contributed by atoms with Crippen molar-refractivity contribution in [3.05, 3.63) is 59.1 Å². The van der Waals surface area contributed by atoms with E-state index in [0.29, 0.717) is 17.3 Å². The van der Waals surface area contributed by atoms with Crippen molar-refractivity contribution in [2.45, 2.75) is 18.3 Å². The second-order valence-corrected chi connectivity index (χ2v) is 4.79. The molecule has 0 aliphatic heterocycles. The summed E-state index contributed by atoms with van der Waals surface area (Å²) in [6.07, 6.45) is 3.47. The van der Waals surface area contributed by atoms with Gasteiger partial charge in [0.15, 0.2) is 0 Å². The van der Waals surface area contributed by atoms with Crippen molar-refractivity contribution in [3.63, 3.8) is 0 Å². The summed E-state index contributed by atoms with van der Waals surface area (Å²) in [5.74, 6) is -0.587. The Morgan fingerprint density at radius 2 is 1.95 bits per heavy atom. The quantitative estimate of drug-likeness (QED) is 0.918. The maximum Gasteiger partial charge on any atom is 0.147 e. The Labute approximate surface area is 122 Å². The predicted octanol–water partition coefficient (Wildman–Crippen LogP) is 2.90. The van der Waals surface area contributed by atoms with E-state index in [4.69, 9.17) is 11.6 Å². The summed E-state index contributed by atoms with van der Waals surface area (Å²) in [7, 11) is 0. The average Bonchev–Trinajstić information content (AvgIpc) is 2.49. The van der Waals surface area contributed by atoms with Crippen LogP contribution in [0.25, 0.3) is 0 Å². The molecular formula is C15H14ClN3O. The first kappa shape index (κ1) is 14.4. The molecule has 4 nitrogen and oxygen atoms in total. The van der Waals surface area contributed by atoms with Gasteiger partial charge < -0.3 is 5.11 Å². The zero-order valence-electron chi connectivity index (χ0n) is 10.8. The Balaban J connectivity index is 2.36. The summed E-state index contributed by atoms with van der Waals surface area (Å²) >= 11 is 5.74. The summed E-state index contributed by atoms with van der Waals surface area (Å²) < 4.78 is 0. The molecule has 0 bridgehead atoms. The summed E-state index contributed by atoms with van der Waals surface area (Å²) in [6.45, 7) is -0.0139. The molecule has 2 aromatic rings. The highest BCUT2D eigenvalue weighted by molar-refractivity contribution is 6.29. The minimum absolute atomic E-state index is 0.0139. The fourth-order valence-corrected chi connectivity index (χ4v) is 2.29. The van der Waals surface area contributed by atoms with Gasteiger partial charge in [0.1, 0.15) is 5.15 Å². The molecule has 1 heterocycles. The monoisotopic (exact) mass is 287 g/mol. The Kier molecular flexibility index (Phi) is 5.05. The lowest BCUT2D eigenvalue weighted by Gasteiger charge is -2.20. The highest BCUT2D eigenvalue weighted by Crippen LogP contribution is 2.33. The Bertz CT molecular complexity index is 580. The second-order valence-electron chi connectivity index (χ2n) is 4.40. The molecular weight excluding hydrogens is 274 g/mol. The number of hydrogen-bond donors (Lipinski definition) is 1. The standard InChI is InChI=1S/C15H14ClN3O/c16-15-10-18-14(9-19-15)12(6-7-20)13(8-17)11-4-2-1-3-5-11/h1-5,9-10,12-13,20H,6-7H2/t12-,13-/m0/s1. The van der Waals surface area contributed by atoms with Crippen LogP contribution >= 0.6 is 11.6 Å². The third-order valence-corrected chi connectivity index (χ3v) is 3.36. The third-order valence-electron chi connectivity index (χ3n) is 3.16. The van der Waals surface area contributed by atoms with E-state index in [0.717, 1.165) is 5.56 Å². The first-order valence-corrected chi connectivity index (χ1v) is 6.67. The zero-order valence-corrected chi connectivity index (χ0v) is 11.5. The molecule has 2 atom stereocenters. The largest absolute Gasteiger partial charge is 0.396 e. The van der Waals surface area contributed by atoms with E-state index in [1.54, 1.807) is 6.20 Å². The van der Waals surface area contributed by atoms with Crippen molar-refractivity contribution in [1.29, 1.82) is 5.26 Å². The maximum atomic E-state index is 9.49. The van der Waals surface area contributed by atoms with Gasteiger partial charge in [-0.15, -0.1) is 0 Å². The number of rotatable bonds is 5. The molecule has 20 heavy (non-hydrogen) atoms. The number of aromatic nitrogens is 2. The highest BCUT2D eigenvalue weighted by atomic mass is 35.5. The van der Waals surface area contributed by atoms with Crippen LogP contribution in [0.3, 0.4) is 0 Å². The molecule has 0 spiro atoms. The summed E-state index contributed by atoms with van der Waals surface area (Å²) in [5, 5.41) is 19.1. The van der Waals surface area contributed by atoms with Crippen molar-refractivity contribution in [1.82, 2.24) is 9.97 Å². The van der Waals surface area contributed by atoms with Crippen molar-refractivity contribution in [2.24, 2.45) is 0 Å². The maximum absolute atomic E-state index is 9.49. The molecule has 102 valence electrons. The fraction of sp³-hybridized carbons (Fsp3) is 0.267. The van der Waals surface area contributed by atoms with E-state index >= 15 is 0 Å². The lowest BCUT2D eigenvalue weighted by atomic mass is 9.83. The van der Waals surface area contributed by atoms with Crippen LogP contribution in [0.1, 0.15) is 29.5 Å².